The van der Waals surface area contributed by atoms with E-state index in [4.69, 9.17) is 5.73 Å². The first-order valence-corrected chi connectivity index (χ1v) is 6.87. The van der Waals surface area contributed by atoms with Crippen molar-refractivity contribution in [3.63, 3.8) is 0 Å². The van der Waals surface area contributed by atoms with E-state index >= 15 is 0 Å². The quantitative estimate of drug-likeness (QED) is 0.821. The Bertz CT molecular complexity index is 637. The summed E-state index contributed by atoms with van der Waals surface area (Å²) in [5, 5.41) is 0. The van der Waals surface area contributed by atoms with Crippen LogP contribution in [0.3, 0.4) is 0 Å². The van der Waals surface area contributed by atoms with Crippen molar-refractivity contribution in [2.45, 2.75) is 4.90 Å². The summed E-state index contributed by atoms with van der Waals surface area (Å²) in [6.45, 7) is 0. The van der Waals surface area contributed by atoms with E-state index in [9.17, 15) is 8.42 Å². The molecule has 0 saturated heterocycles. The summed E-state index contributed by atoms with van der Waals surface area (Å²) in [6, 6.07) is 8.61. The van der Waals surface area contributed by atoms with Crippen LogP contribution < -0.4 is 5.73 Å². The standard InChI is InChI=1S/C12H12N2O2S/c1-17(15,16)12-8-10(2-3-11(12)13)9-4-6-14-7-5-9/h2-8H,13H2,1H3. The van der Waals surface area contributed by atoms with Crippen LogP contribution in [0.5, 0.6) is 0 Å². The Balaban J connectivity index is 2.61. The Morgan fingerprint density at radius 2 is 1.71 bits per heavy atom. The van der Waals surface area contributed by atoms with Crippen LogP contribution in [0.25, 0.3) is 11.1 Å². The molecular weight excluding hydrogens is 236 g/mol. The lowest BCUT2D eigenvalue weighted by Gasteiger charge is -2.07. The maximum atomic E-state index is 11.5. The number of hydrogen-bond acceptors (Lipinski definition) is 4. The molecule has 5 heteroatoms. The van der Waals surface area contributed by atoms with Gasteiger partial charge in [-0.25, -0.2) is 8.42 Å². The lowest BCUT2D eigenvalue weighted by atomic mass is 10.1. The second kappa shape index (κ2) is 4.18. The van der Waals surface area contributed by atoms with Crippen molar-refractivity contribution in [3.8, 4) is 11.1 Å². The van der Waals surface area contributed by atoms with Crippen LogP contribution >= 0.6 is 0 Å². The molecule has 2 rings (SSSR count). The maximum Gasteiger partial charge on any atom is 0.177 e. The molecule has 0 radical (unpaired) electrons. The largest absolute Gasteiger partial charge is 0.398 e. The summed E-state index contributed by atoms with van der Waals surface area (Å²) < 4.78 is 23.1. The van der Waals surface area contributed by atoms with Gasteiger partial charge in [-0.1, -0.05) is 6.07 Å². The molecule has 0 aliphatic heterocycles. The second-order valence-electron chi connectivity index (χ2n) is 3.76. The lowest BCUT2D eigenvalue weighted by molar-refractivity contribution is 0.602. The van der Waals surface area contributed by atoms with Gasteiger partial charge in [-0.15, -0.1) is 0 Å². The van der Waals surface area contributed by atoms with Crippen LogP contribution in [-0.2, 0) is 9.84 Å². The van der Waals surface area contributed by atoms with Gasteiger partial charge in [0.2, 0.25) is 0 Å². The van der Waals surface area contributed by atoms with Crippen molar-refractivity contribution in [2.24, 2.45) is 0 Å². The summed E-state index contributed by atoms with van der Waals surface area (Å²) >= 11 is 0. The molecule has 1 aromatic carbocycles. The first-order chi connectivity index (χ1) is 7.98. The van der Waals surface area contributed by atoms with Gasteiger partial charge >= 0.3 is 0 Å². The molecule has 1 heterocycles. The number of nitrogens with two attached hydrogens (primary N) is 1. The number of anilines is 1. The minimum absolute atomic E-state index is 0.159. The zero-order chi connectivity index (χ0) is 12.5. The van der Waals surface area contributed by atoms with Crippen LogP contribution in [0.2, 0.25) is 0 Å². The number of hydrogen-bond donors (Lipinski definition) is 1. The lowest BCUT2D eigenvalue weighted by Crippen LogP contribution is -2.02. The Kier molecular flexibility index (Phi) is 2.85. The van der Waals surface area contributed by atoms with E-state index in [1.165, 1.54) is 0 Å². The fourth-order valence-electron chi connectivity index (χ4n) is 1.58. The van der Waals surface area contributed by atoms with Crippen LogP contribution in [0.15, 0.2) is 47.6 Å². The molecule has 0 amide bonds. The highest BCUT2D eigenvalue weighted by atomic mass is 32.2. The van der Waals surface area contributed by atoms with E-state index in [-0.39, 0.29) is 10.6 Å². The Morgan fingerprint density at radius 1 is 1.06 bits per heavy atom. The van der Waals surface area contributed by atoms with Gasteiger partial charge < -0.3 is 5.73 Å². The van der Waals surface area contributed by atoms with Gasteiger partial charge in [0.25, 0.3) is 0 Å². The zero-order valence-electron chi connectivity index (χ0n) is 9.29. The number of nitrogen functional groups attached to an aromatic ring is 1. The van der Waals surface area contributed by atoms with E-state index < -0.39 is 9.84 Å². The van der Waals surface area contributed by atoms with Gasteiger partial charge in [0, 0.05) is 18.6 Å². The first kappa shape index (κ1) is 11.6. The predicted octanol–water partition coefficient (Wildman–Crippen LogP) is 1.73. The third-order valence-corrected chi connectivity index (χ3v) is 3.58. The van der Waals surface area contributed by atoms with E-state index in [1.807, 2.05) is 12.1 Å². The van der Waals surface area contributed by atoms with Crippen LogP contribution in [-0.4, -0.2) is 19.7 Å². The molecule has 0 bridgehead atoms. The number of aromatic nitrogens is 1. The first-order valence-electron chi connectivity index (χ1n) is 4.98. The fraction of sp³-hybridized carbons (Fsp3) is 0.0833. The maximum absolute atomic E-state index is 11.5. The Morgan fingerprint density at radius 3 is 2.29 bits per heavy atom. The molecule has 0 spiro atoms. The molecule has 0 aliphatic rings. The third-order valence-electron chi connectivity index (χ3n) is 2.43. The van der Waals surface area contributed by atoms with Crippen LogP contribution in [0.1, 0.15) is 0 Å². The van der Waals surface area contributed by atoms with Crippen molar-refractivity contribution in [2.75, 3.05) is 12.0 Å². The summed E-state index contributed by atoms with van der Waals surface area (Å²) in [5.41, 5.74) is 7.65. The number of pyridine rings is 1. The highest BCUT2D eigenvalue weighted by Gasteiger charge is 2.12. The number of nitrogens with zero attached hydrogens (tertiary/aromatic N) is 1. The van der Waals surface area contributed by atoms with E-state index in [0.29, 0.717) is 0 Å². The van der Waals surface area contributed by atoms with Crippen LogP contribution in [0.4, 0.5) is 5.69 Å². The second-order valence-corrected chi connectivity index (χ2v) is 5.74. The number of rotatable bonds is 2. The van der Waals surface area contributed by atoms with Crippen molar-refractivity contribution < 1.29 is 8.42 Å². The fourth-order valence-corrected chi connectivity index (χ4v) is 2.42. The average Bonchev–Trinajstić information content (AvgIpc) is 2.29. The predicted molar refractivity (Wildman–Crippen MR) is 67.2 cm³/mol. The summed E-state index contributed by atoms with van der Waals surface area (Å²) in [4.78, 5) is 4.08. The minimum Gasteiger partial charge on any atom is -0.398 e. The molecule has 2 aromatic rings. The van der Waals surface area contributed by atoms with Gasteiger partial charge in [-0.2, -0.15) is 0 Å². The summed E-state index contributed by atoms with van der Waals surface area (Å²) in [7, 11) is -3.30. The molecule has 17 heavy (non-hydrogen) atoms. The van der Waals surface area contributed by atoms with E-state index in [2.05, 4.69) is 4.98 Å². The average molecular weight is 248 g/mol. The molecule has 0 unspecified atom stereocenters. The molecule has 88 valence electrons. The van der Waals surface area contributed by atoms with Gasteiger partial charge in [0.05, 0.1) is 10.6 Å². The minimum atomic E-state index is -3.30. The van der Waals surface area contributed by atoms with Gasteiger partial charge in [0.1, 0.15) is 0 Å². The van der Waals surface area contributed by atoms with Gasteiger partial charge in [0.15, 0.2) is 9.84 Å². The smallest absolute Gasteiger partial charge is 0.177 e. The number of benzene rings is 1. The van der Waals surface area contributed by atoms with Gasteiger partial charge in [-0.05, 0) is 35.4 Å². The molecule has 0 fully saturated rings. The highest BCUT2D eigenvalue weighted by molar-refractivity contribution is 7.90. The van der Waals surface area contributed by atoms with E-state index in [0.717, 1.165) is 17.4 Å². The molecule has 0 atom stereocenters. The molecule has 0 aliphatic carbocycles. The molecular formula is C12H12N2O2S. The molecule has 2 N–H and O–H groups in total. The van der Waals surface area contributed by atoms with Crippen molar-refractivity contribution in [3.05, 3.63) is 42.7 Å². The zero-order valence-corrected chi connectivity index (χ0v) is 10.1. The summed E-state index contributed by atoms with van der Waals surface area (Å²) in [5.74, 6) is 0. The summed E-state index contributed by atoms with van der Waals surface area (Å²) in [6.07, 6.45) is 4.46. The Hall–Kier alpha value is -1.88. The normalized spacial score (nSPS) is 11.4. The Labute approximate surface area is 100 Å². The number of sulfone groups is 1. The van der Waals surface area contributed by atoms with Crippen LogP contribution in [0, 0.1) is 0 Å². The highest BCUT2D eigenvalue weighted by Crippen LogP contribution is 2.26. The SMILES string of the molecule is CS(=O)(=O)c1cc(-c2ccncc2)ccc1N. The van der Waals surface area contributed by atoms with Crippen molar-refractivity contribution in [1.29, 1.82) is 0 Å². The molecule has 1 aromatic heterocycles. The van der Waals surface area contributed by atoms with Crippen molar-refractivity contribution in [1.82, 2.24) is 4.98 Å². The van der Waals surface area contributed by atoms with Crippen molar-refractivity contribution >= 4 is 15.5 Å². The molecule has 0 saturated carbocycles. The molecule has 4 nitrogen and oxygen atoms in total. The topological polar surface area (TPSA) is 73.0 Å². The van der Waals surface area contributed by atoms with Gasteiger partial charge in [-0.3, -0.25) is 4.98 Å². The van der Waals surface area contributed by atoms with E-state index in [1.54, 1.807) is 30.6 Å². The monoisotopic (exact) mass is 248 g/mol. The third kappa shape index (κ3) is 2.45.